The molecule has 0 aliphatic carbocycles. The van der Waals surface area contributed by atoms with Crippen LogP contribution < -0.4 is 0 Å². The summed E-state index contributed by atoms with van der Waals surface area (Å²) in [6.45, 7) is 4.28. The van der Waals surface area contributed by atoms with Gasteiger partial charge in [0.05, 0.1) is 6.61 Å². The summed E-state index contributed by atoms with van der Waals surface area (Å²) in [6.07, 6.45) is 3.82. The van der Waals surface area contributed by atoms with Crippen LogP contribution in [0.5, 0.6) is 0 Å². The van der Waals surface area contributed by atoms with Gasteiger partial charge in [-0.3, -0.25) is 0 Å². The second-order valence-corrected chi connectivity index (χ2v) is 3.39. The zero-order valence-corrected chi connectivity index (χ0v) is 10.5. The molecule has 0 amide bonds. The van der Waals surface area contributed by atoms with Crippen LogP contribution in [0.25, 0.3) is 0 Å². The van der Waals surface area contributed by atoms with E-state index >= 15 is 0 Å². The van der Waals surface area contributed by atoms with E-state index in [1.54, 1.807) is 0 Å². The van der Waals surface area contributed by atoms with E-state index in [2.05, 4.69) is 4.90 Å². The van der Waals surface area contributed by atoms with Crippen molar-refractivity contribution < 1.29 is 9.53 Å². The fraction of sp³-hybridized carbons (Fsp3) is 0.700. The highest BCUT2D eigenvalue weighted by atomic mass is 79.9. The molecule has 0 saturated carbocycles. The maximum Gasteiger partial charge on any atom is 0.334 e. The van der Waals surface area contributed by atoms with E-state index in [0.29, 0.717) is 6.61 Å². The molecule has 0 N–H and O–H groups in total. The van der Waals surface area contributed by atoms with E-state index < -0.39 is 0 Å². The minimum atomic E-state index is -0.145. The average molecular weight is 264 g/mol. The zero-order chi connectivity index (χ0) is 9.68. The van der Waals surface area contributed by atoms with E-state index in [4.69, 9.17) is 4.74 Å². The van der Waals surface area contributed by atoms with E-state index in [1.165, 1.54) is 0 Å². The summed E-state index contributed by atoms with van der Waals surface area (Å²) >= 11 is 0. The highest BCUT2D eigenvalue weighted by molar-refractivity contribution is 8.93. The molecule has 1 aliphatic rings. The second-order valence-electron chi connectivity index (χ2n) is 3.39. The number of nitrogens with zero attached hydrogens (tertiary/aromatic N) is 1. The smallest absolute Gasteiger partial charge is 0.334 e. The lowest BCUT2D eigenvalue weighted by atomic mass is 10.1. The molecule has 1 heterocycles. The van der Waals surface area contributed by atoms with Gasteiger partial charge in [-0.1, -0.05) is 13.0 Å². The van der Waals surface area contributed by atoms with Crippen LogP contribution in [-0.4, -0.2) is 37.6 Å². The Morgan fingerprint density at radius 2 is 2.36 bits per heavy atom. The highest BCUT2D eigenvalue weighted by Crippen LogP contribution is 2.09. The Bertz CT molecular complexity index is 216. The zero-order valence-electron chi connectivity index (χ0n) is 8.78. The van der Waals surface area contributed by atoms with Gasteiger partial charge in [-0.15, -0.1) is 17.0 Å². The van der Waals surface area contributed by atoms with Crippen LogP contribution in [0.2, 0.25) is 0 Å². The fourth-order valence-electron chi connectivity index (χ4n) is 1.33. The Morgan fingerprint density at radius 1 is 1.64 bits per heavy atom. The molecule has 0 aromatic rings. The maximum absolute atomic E-state index is 11.4. The predicted octanol–water partition coefficient (Wildman–Crippen LogP) is 1.78. The van der Waals surface area contributed by atoms with Crippen LogP contribution >= 0.6 is 17.0 Å². The average Bonchev–Trinajstić information content (AvgIpc) is 2.14. The number of rotatable bonds is 3. The van der Waals surface area contributed by atoms with Crippen molar-refractivity contribution in [2.75, 3.05) is 26.7 Å². The molecule has 82 valence electrons. The Labute approximate surface area is 95.9 Å². The molecule has 1 aliphatic heterocycles. The highest BCUT2D eigenvalue weighted by Gasteiger charge is 2.15. The van der Waals surface area contributed by atoms with Crippen molar-refractivity contribution >= 4 is 23.0 Å². The second kappa shape index (κ2) is 7.01. The summed E-state index contributed by atoms with van der Waals surface area (Å²) in [4.78, 5) is 13.5. The minimum absolute atomic E-state index is 0. The van der Waals surface area contributed by atoms with E-state index in [9.17, 15) is 4.79 Å². The van der Waals surface area contributed by atoms with Gasteiger partial charge in [0.25, 0.3) is 0 Å². The summed E-state index contributed by atoms with van der Waals surface area (Å²) in [5.74, 6) is -0.145. The lowest BCUT2D eigenvalue weighted by Gasteiger charge is -2.21. The lowest BCUT2D eigenvalue weighted by molar-refractivity contribution is -0.139. The first-order valence-corrected chi connectivity index (χ1v) is 4.78. The number of hydrogen-bond acceptors (Lipinski definition) is 3. The van der Waals surface area contributed by atoms with E-state index in [0.717, 1.165) is 31.5 Å². The standard InChI is InChI=1S/C10H17NO2.BrH/c1-3-7-13-10(12)9-5-4-6-11(2)8-9;/h5H,3-4,6-8H2,1-2H3;1H. The minimum Gasteiger partial charge on any atom is -0.462 e. The molecule has 0 bridgehead atoms. The van der Waals surface area contributed by atoms with Crippen molar-refractivity contribution in [2.24, 2.45) is 0 Å². The third-order valence-corrected chi connectivity index (χ3v) is 2.04. The first kappa shape index (κ1) is 13.7. The predicted molar refractivity (Wildman–Crippen MR) is 61.8 cm³/mol. The molecule has 0 saturated heterocycles. The largest absolute Gasteiger partial charge is 0.462 e. The quantitative estimate of drug-likeness (QED) is 0.728. The van der Waals surface area contributed by atoms with Gasteiger partial charge in [0.2, 0.25) is 0 Å². The van der Waals surface area contributed by atoms with Gasteiger partial charge in [-0.05, 0) is 19.9 Å². The molecule has 0 aromatic carbocycles. The summed E-state index contributed by atoms with van der Waals surface area (Å²) in [7, 11) is 2.01. The molecule has 0 aromatic heterocycles. The van der Waals surface area contributed by atoms with Crippen LogP contribution in [-0.2, 0) is 9.53 Å². The van der Waals surface area contributed by atoms with Crippen molar-refractivity contribution in [2.45, 2.75) is 19.8 Å². The van der Waals surface area contributed by atoms with Gasteiger partial charge in [0, 0.05) is 18.7 Å². The van der Waals surface area contributed by atoms with Gasteiger partial charge in [0.15, 0.2) is 0 Å². The molecule has 0 atom stereocenters. The monoisotopic (exact) mass is 263 g/mol. The molecule has 3 nitrogen and oxygen atoms in total. The molecular formula is C10H18BrNO2. The van der Waals surface area contributed by atoms with Crippen molar-refractivity contribution in [1.29, 1.82) is 0 Å². The number of carbonyl (C=O) groups is 1. The summed E-state index contributed by atoms with van der Waals surface area (Å²) < 4.78 is 5.05. The summed E-state index contributed by atoms with van der Waals surface area (Å²) in [5, 5.41) is 0. The van der Waals surface area contributed by atoms with Gasteiger partial charge in [0.1, 0.15) is 0 Å². The fourth-order valence-corrected chi connectivity index (χ4v) is 1.33. The number of halogens is 1. The normalized spacial score (nSPS) is 16.9. The summed E-state index contributed by atoms with van der Waals surface area (Å²) in [5.41, 5.74) is 0.808. The maximum atomic E-state index is 11.4. The molecule has 0 spiro atoms. The van der Waals surface area contributed by atoms with Crippen LogP contribution in [0.1, 0.15) is 19.8 Å². The molecule has 14 heavy (non-hydrogen) atoms. The van der Waals surface area contributed by atoms with Crippen molar-refractivity contribution in [3.63, 3.8) is 0 Å². The molecule has 0 unspecified atom stereocenters. The molecule has 1 rings (SSSR count). The Hall–Kier alpha value is -0.350. The van der Waals surface area contributed by atoms with Crippen LogP contribution in [0, 0.1) is 0 Å². The lowest BCUT2D eigenvalue weighted by Crippen LogP contribution is -2.29. The van der Waals surface area contributed by atoms with E-state index in [-0.39, 0.29) is 23.0 Å². The molecule has 0 radical (unpaired) electrons. The van der Waals surface area contributed by atoms with Crippen LogP contribution in [0.15, 0.2) is 11.6 Å². The van der Waals surface area contributed by atoms with Crippen molar-refractivity contribution in [1.82, 2.24) is 4.90 Å². The number of likely N-dealkylation sites (N-methyl/N-ethyl adjacent to an activating group) is 1. The number of carbonyl (C=O) groups excluding carboxylic acids is 1. The van der Waals surface area contributed by atoms with Crippen LogP contribution in [0.4, 0.5) is 0 Å². The molecular weight excluding hydrogens is 246 g/mol. The molecule has 4 heteroatoms. The first-order chi connectivity index (χ1) is 6.24. The number of ether oxygens (including phenoxy) is 1. The first-order valence-electron chi connectivity index (χ1n) is 4.78. The SMILES string of the molecule is Br.CCCOC(=O)C1=CCCN(C)C1. The van der Waals surface area contributed by atoms with Crippen molar-refractivity contribution in [3.8, 4) is 0 Å². The third-order valence-electron chi connectivity index (χ3n) is 2.04. The van der Waals surface area contributed by atoms with Gasteiger partial charge in [-0.2, -0.15) is 0 Å². The Balaban J connectivity index is 0.00000169. The summed E-state index contributed by atoms with van der Waals surface area (Å²) in [6, 6.07) is 0. The van der Waals surface area contributed by atoms with Crippen molar-refractivity contribution in [3.05, 3.63) is 11.6 Å². The molecule has 0 fully saturated rings. The number of esters is 1. The topological polar surface area (TPSA) is 29.5 Å². The Kier molecular flexibility index (Phi) is 6.83. The van der Waals surface area contributed by atoms with Gasteiger partial charge in [-0.25, -0.2) is 4.79 Å². The van der Waals surface area contributed by atoms with Crippen LogP contribution in [0.3, 0.4) is 0 Å². The number of hydrogen-bond donors (Lipinski definition) is 0. The third kappa shape index (κ3) is 4.24. The van der Waals surface area contributed by atoms with Gasteiger partial charge >= 0.3 is 5.97 Å². The van der Waals surface area contributed by atoms with E-state index in [1.807, 2.05) is 20.0 Å². The Morgan fingerprint density at radius 3 is 2.93 bits per heavy atom. The van der Waals surface area contributed by atoms with Gasteiger partial charge < -0.3 is 9.64 Å².